The molecule has 0 radical (unpaired) electrons. The number of aromatic nitrogens is 5. The van der Waals surface area contributed by atoms with Gasteiger partial charge in [0.2, 0.25) is 11.9 Å². The molecule has 0 bridgehead atoms. The summed E-state index contributed by atoms with van der Waals surface area (Å²) in [7, 11) is 0. The van der Waals surface area contributed by atoms with Crippen LogP contribution in [0.15, 0.2) is 48.9 Å². The van der Waals surface area contributed by atoms with Crippen molar-refractivity contribution < 1.29 is 18.0 Å². The Morgan fingerprint density at radius 2 is 1.93 bits per heavy atom. The van der Waals surface area contributed by atoms with E-state index in [9.17, 15) is 18.0 Å². The average molecular weight is 567 g/mol. The van der Waals surface area contributed by atoms with E-state index in [0.29, 0.717) is 24.9 Å². The second kappa shape index (κ2) is 11.2. The fourth-order valence-corrected chi connectivity index (χ4v) is 5.55. The molecule has 3 aromatic heterocycles. The van der Waals surface area contributed by atoms with E-state index in [1.54, 1.807) is 6.20 Å². The van der Waals surface area contributed by atoms with Gasteiger partial charge in [0, 0.05) is 56.7 Å². The number of nitrogens with zero attached hydrogens (tertiary/aromatic N) is 6. The largest absolute Gasteiger partial charge is 0.397 e. The van der Waals surface area contributed by atoms with Gasteiger partial charge in [-0.2, -0.15) is 18.3 Å². The summed E-state index contributed by atoms with van der Waals surface area (Å²) in [4.78, 5) is 27.8. The van der Waals surface area contributed by atoms with Gasteiger partial charge in [0.1, 0.15) is 12.2 Å². The predicted octanol–water partition coefficient (Wildman–Crippen LogP) is 5.52. The highest BCUT2D eigenvalue weighted by atomic mass is 19.4. The summed E-state index contributed by atoms with van der Waals surface area (Å²) in [6.07, 6.45) is 3.74. The number of amides is 1. The molecule has 4 heterocycles. The number of carbonyl (C=O) groups excluding carboxylic acids is 1. The lowest BCUT2D eigenvalue weighted by Gasteiger charge is -2.38. The van der Waals surface area contributed by atoms with E-state index in [0.717, 1.165) is 40.2 Å². The summed E-state index contributed by atoms with van der Waals surface area (Å²) in [5.41, 5.74) is 4.89. The number of anilines is 2. The van der Waals surface area contributed by atoms with E-state index in [1.807, 2.05) is 36.0 Å². The van der Waals surface area contributed by atoms with Crippen LogP contribution in [0, 0.1) is 5.92 Å². The first-order chi connectivity index (χ1) is 19.7. The first kappa shape index (κ1) is 27.3. The lowest BCUT2D eigenvalue weighted by molar-refractivity contribution is -0.162. The molecule has 1 aliphatic carbocycles. The van der Waals surface area contributed by atoms with E-state index in [4.69, 9.17) is 0 Å². The molecule has 216 valence electrons. The number of carbonyl (C=O) groups is 1. The van der Waals surface area contributed by atoms with Gasteiger partial charge >= 0.3 is 6.18 Å². The fourth-order valence-electron chi connectivity index (χ4n) is 5.55. The highest BCUT2D eigenvalue weighted by molar-refractivity contribution is 5.83. The van der Waals surface area contributed by atoms with Crippen molar-refractivity contribution in [1.82, 2.24) is 34.5 Å². The van der Waals surface area contributed by atoms with Crippen LogP contribution >= 0.6 is 0 Å². The SMILES string of the molecule is C[C@H](c1ccnc(Nc2nc3ccc(-c4cnn(CC5CCC5)c4)cc3[nH]2)c1)N1CCN(C(=O)CC(F)(F)F)CC1. The van der Waals surface area contributed by atoms with Crippen molar-refractivity contribution in [3.05, 3.63) is 54.5 Å². The Morgan fingerprint density at radius 3 is 2.66 bits per heavy atom. The zero-order valence-electron chi connectivity index (χ0n) is 22.9. The van der Waals surface area contributed by atoms with Gasteiger partial charge in [0.15, 0.2) is 0 Å². The Hall–Kier alpha value is -3.93. The maximum atomic E-state index is 12.6. The molecule has 1 aromatic carbocycles. The van der Waals surface area contributed by atoms with Crippen molar-refractivity contribution in [3.63, 3.8) is 0 Å². The Balaban J connectivity index is 1.09. The van der Waals surface area contributed by atoms with Crippen LogP contribution < -0.4 is 5.32 Å². The molecule has 41 heavy (non-hydrogen) atoms. The first-order valence-corrected chi connectivity index (χ1v) is 14.0. The zero-order chi connectivity index (χ0) is 28.6. The minimum Gasteiger partial charge on any atom is -0.340 e. The zero-order valence-corrected chi connectivity index (χ0v) is 22.9. The van der Waals surface area contributed by atoms with Crippen LogP contribution in [-0.4, -0.2) is 72.8 Å². The van der Waals surface area contributed by atoms with E-state index >= 15 is 0 Å². The predicted molar refractivity (Wildman–Crippen MR) is 149 cm³/mol. The maximum Gasteiger partial charge on any atom is 0.397 e. The molecule has 1 amide bonds. The number of imidazole rings is 1. The topological polar surface area (TPSA) is 95.0 Å². The fraction of sp³-hybridized carbons (Fsp3) is 0.448. The van der Waals surface area contributed by atoms with Gasteiger partial charge in [-0.3, -0.25) is 14.4 Å². The van der Waals surface area contributed by atoms with Crippen LogP contribution in [0.1, 0.15) is 44.2 Å². The van der Waals surface area contributed by atoms with E-state index in [-0.39, 0.29) is 19.1 Å². The molecular formula is C29H33F3N8O. The van der Waals surface area contributed by atoms with Gasteiger partial charge in [0.25, 0.3) is 0 Å². The third-order valence-corrected chi connectivity index (χ3v) is 8.20. The summed E-state index contributed by atoms with van der Waals surface area (Å²) in [5.74, 6) is 1.09. The van der Waals surface area contributed by atoms with Gasteiger partial charge in [-0.25, -0.2) is 9.97 Å². The molecule has 2 fully saturated rings. The molecular weight excluding hydrogens is 533 g/mol. The molecule has 1 saturated heterocycles. The summed E-state index contributed by atoms with van der Waals surface area (Å²) in [5, 5.41) is 7.81. The third-order valence-electron chi connectivity index (χ3n) is 8.20. The van der Waals surface area contributed by atoms with Crippen LogP contribution in [0.25, 0.3) is 22.2 Å². The molecule has 0 spiro atoms. The van der Waals surface area contributed by atoms with Crippen LogP contribution in [0.2, 0.25) is 0 Å². The van der Waals surface area contributed by atoms with Crippen molar-refractivity contribution in [2.45, 2.75) is 51.4 Å². The Morgan fingerprint density at radius 1 is 1.12 bits per heavy atom. The van der Waals surface area contributed by atoms with Crippen molar-refractivity contribution in [2.24, 2.45) is 5.92 Å². The standard InChI is InChI=1S/C29H33F3N8O/c1-19(38-9-11-39(12-10-38)27(41)15-29(30,31)32)21-7-8-33-26(14-21)37-28-35-24-6-5-22(13-25(24)36-28)23-16-34-40(18-23)17-20-3-2-4-20/h5-8,13-14,16,18-20H,2-4,9-12,15,17H2,1H3,(H2,33,35,36,37)/t19-/m1/s1. The molecule has 6 rings (SSSR count). The maximum absolute atomic E-state index is 12.6. The number of fused-ring (bicyclic) bond motifs is 1. The number of alkyl halides is 3. The number of hydrogen-bond acceptors (Lipinski definition) is 6. The normalized spacial score (nSPS) is 17.5. The number of halogens is 3. The first-order valence-electron chi connectivity index (χ1n) is 14.0. The number of pyridine rings is 1. The van der Waals surface area contributed by atoms with Crippen molar-refractivity contribution in [1.29, 1.82) is 0 Å². The lowest BCUT2D eigenvalue weighted by Crippen LogP contribution is -2.50. The summed E-state index contributed by atoms with van der Waals surface area (Å²) in [6.45, 7) is 4.57. The second-order valence-corrected chi connectivity index (χ2v) is 11.0. The van der Waals surface area contributed by atoms with Gasteiger partial charge in [-0.05, 0) is 61.1 Å². The number of aromatic amines is 1. The molecule has 1 saturated carbocycles. The quantitative estimate of drug-likeness (QED) is 0.292. The Bertz CT molecular complexity index is 1520. The highest BCUT2D eigenvalue weighted by Gasteiger charge is 2.35. The molecule has 1 atom stereocenters. The minimum atomic E-state index is -4.48. The van der Waals surface area contributed by atoms with E-state index in [1.165, 1.54) is 24.2 Å². The van der Waals surface area contributed by atoms with Gasteiger partial charge in [-0.1, -0.05) is 12.5 Å². The molecule has 2 aliphatic rings. The summed E-state index contributed by atoms with van der Waals surface area (Å²) >= 11 is 0. The monoisotopic (exact) mass is 566 g/mol. The van der Waals surface area contributed by atoms with Gasteiger partial charge < -0.3 is 15.2 Å². The van der Waals surface area contributed by atoms with Crippen LogP contribution in [0.4, 0.5) is 24.9 Å². The molecule has 9 nitrogen and oxygen atoms in total. The van der Waals surface area contributed by atoms with Gasteiger partial charge in [0.05, 0.1) is 17.2 Å². The van der Waals surface area contributed by atoms with Crippen molar-refractivity contribution in [2.75, 3.05) is 31.5 Å². The average Bonchev–Trinajstić information content (AvgIpc) is 3.56. The lowest BCUT2D eigenvalue weighted by atomic mass is 9.85. The van der Waals surface area contributed by atoms with E-state index < -0.39 is 18.5 Å². The van der Waals surface area contributed by atoms with Crippen LogP contribution in [0.5, 0.6) is 0 Å². The molecule has 12 heteroatoms. The molecule has 4 aromatic rings. The number of rotatable bonds is 8. The van der Waals surface area contributed by atoms with E-state index in [2.05, 4.69) is 48.6 Å². The summed E-state index contributed by atoms with van der Waals surface area (Å²) < 4.78 is 39.8. The smallest absolute Gasteiger partial charge is 0.340 e. The number of H-pyrrole nitrogens is 1. The highest BCUT2D eigenvalue weighted by Crippen LogP contribution is 2.30. The second-order valence-electron chi connectivity index (χ2n) is 11.0. The molecule has 0 unspecified atom stereocenters. The van der Waals surface area contributed by atoms with Crippen LogP contribution in [-0.2, 0) is 11.3 Å². The Labute approximate surface area is 235 Å². The summed E-state index contributed by atoms with van der Waals surface area (Å²) in [6, 6.07) is 9.98. The third kappa shape index (κ3) is 6.37. The van der Waals surface area contributed by atoms with Crippen molar-refractivity contribution >= 4 is 28.7 Å². The number of benzene rings is 1. The van der Waals surface area contributed by atoms with Crippen LogP contribution in [0.3, 0.4) is 0 Å². The number of hydrogen-bond donors (Lipinski definition) is 2. The number of nitrogens with one attached hydrogen (secondary N) is 2. The Kier molecular flexibility index (Phi) is 7.41. The number of piperazine rings is 1. The minimum absolute atomic E-state index is 0.00172. The molecule has 1 aliphatic heterocycles. The van der Waals surface area contributed by atoms with Crippen molar-refractivity contribution in [3.8, 4) is 11.1 Å². The van der Waals surface area contributed by atoms with Gasteiger partial charge in [-0.15, -0.1) is 0 Å². The molecule has 2 N–H and O–H groups in total.